The van der Waals surface area contributed by atoms with Gasteiger partial charge in [-0.05, 0) is 31.0 Å². The Morgan fingerprint density at radius 1 is 1.42 bits per heavy atom. The Morgan fingerprint density at radius 3 is 2.79 bits per heavy atom. The van der Waals surface area contributed by atoms with Gasteiger partial charge in [-0.15, -0.1) is 0 Å². The van der Waals surface area contributed by atoms with Crippen LogP contribution in [0.15, 0.2) is 16.5 Å². The summed E-state index contributed by atoms with van der Waals surface area (Å²) < 4.78 is 11.1. The molecule has 7 nitrogen and oxygen atoms in total. The minimum Gasteiger partial charge on any atom is -0.423 e. The molecule has 0 atom stereocenters. The molecule has 0 unspecified atom stereocenters. The third-order valence-corrected chi connectivity index (χ3v) is 5.07. The quantitative estimate of drug-likeness (QED) is 0.902. The van der Waals surface area contributed by atoms with Crippen molar-refractivity contribution in [2.24, 2.45) is 5.73 Å². The number of oxazole rings is 1. The normalized spacial score (nSPS) is 20.2. The zero-order valence-corrected chi connectivity index (χ0v) is 13.7. The van der Waals surface area contributed by atoms with Crippen LogP contribution in [0.25, 0.3) is 11.1 Å². The van der Waals surface area contributed by atoms with Crippen molar-refractivity contribution in [1.29, 1.82) is 0 Å². The molecule has 1 aromatic carbocycles. The maximum absolute atomic E-state index is 11.5. The summed E-state index contributed by atoms with van der Waals surface area (Å²) in [6.45, 7) is 3.84. The molecule has 4 rings (SSSR count). The van der Waals surface area contributed by atoms with Crippen LogP contribution in [0.4, 0.5) is 6.01 Å². The summed E-state index contributed by atoms with van der Waals surface area (Å²) in [5, 5.41) is 0. The van der Waals surface area contributed by atoms with E-state index >= 15 is 0 Å². The molecule has 0 aliphatic carbocycles. The lowest BCUT2D eigenvalue weighted by Crippen LogP contribution is -2.54. The predicted molar refractivity (Wildman–Crippen MR) is 89.0 cm³/mol. The van der Waals surface area contributed by atoms with Gasteiger partial charge in [-0.25, -0.2) is 0 Å². The Bertz CT molecular complexity index is 747. The van der Waals surface area contributed by atoms with Crippen LogP contribution >= 0.6 is 0 Å². The predicted octanol–water partition coefficient (Wildman–Crippen LogP) is 1.03. The summed E-state index contributed by atoms with van der Waals surface area (Å²) in [5.41, 5.74) is 6.71. The summed E-state index contributed by atoms with van der Waals surface area (Å²) >= 11 is 0. The third-order valence-electron chi connectivity index (χ3n) is 5.07. The molecule has 127 valence electrons. The van der Waals surface area contributed by atoms with Crippen LogP contribution in [-0.4, -0.2) is 61.2 Å². The monoisotopic (exact) mass is 329 g/mol. The number of aromatic nitrogens is 1. The molecule has 24 heavy (non-hydrogen) atoms. The molecule has 3 heterocycles. The fourth-order valence-electron chi connectivity index (χ4n) is 3.45. The van der Waals surface area contributed by atoms with Crippen molar-refractivity contribution < 1.29 is 13.9 Å². The summed E-state index contributed by atoms with van der Waals surface area (Å²) in [7, 11) is 1.99. The molecule has 2 fully saturated rings. The number of rotatable bonds is 4. The van der Waals surface area contributed by atoms with Crippen molar-refractivity contribution in [3.05, 3.63) is 23.8 Å². The number of benzene rings is 1. The van der Waals surface area contributed by atoms with Gasteiger partial charge in [0.05, 0.1) is 24.8 Å². The number of hydrogen-bond donors (Lipinski definition) is 1. The summed E-state index contributed by atoms with van der Waals surface area (Å²) in [6.07, 6.45) is 2.11. The lowest BCUT2D eigenvalue weighted by molar-refractivity contribution is -0.0711. The molecule has 0 bridgehead atoms. The molecule has 7 heteroatoms. The lowest BCUT2D eigenvalue weighted by Gasteiger charge is -2.42. The van der Waals surface area contributed by atoms with E-state index in [1.165, 1.54) is 0 Å². The van der Waals surface area contributed by atoms with E-state index in [9.17, 15) is 4.79 Å². The van der Waals surface area contributed by atoms with Crippen molar-refractivity contribution in [3.63, 3.8) is 0 Å². The number of ether oxygens (including phenoxy) is 1. The number of anilines is 1. The molecule has 2 aliphatic rings. The molecule has 1 amide bonds. The third kappa shape index (κ3) is 2.63. The highest BCUT2D eigenvalue weighted by Gasteiger charge is 2.32. The first-order valence-corrected chi connectivity index (χ1v) is 8.29. The van der Waals surface area contributed by atoms with Crippen LogP contribution in [0.2, 0.25) is 0 Å². The largest absolute Gasteiger partial charge is 0.423 e. The van der Waals surface area contributed by atoms with E-state index in [0.29, 0.717) is 29.2 Å². The van der Waals surface area contributed by atoms with Crippen LogP contribution < -0.4 is 10.6 Å². The van der Waals surface area contributed by atoms with Gasteiger partial charge in [-0.2, -0.15) is 4.98 Å². The Labute approximate surface area is 140 Å². The maximum Gasteiger partial charge on any atom is 0.298 e. The van der Waals surface area contributed by atoms with Crippen LogP contribution in [0.5, 0.6) is 0 Å². The highest BCUT2D eigenvalue weighted by molar-refractivity contribution is 6.03. The van der Waals surface area contributed by atoms with Gasteiger partial charge in [-0.3, -0.25) is 9.69 Å². The van der Waals surface area contributed by atoms with E-state index in [0.717, 1.165) is 39.1 Å². The number of hydrogen-bond acceptors (Lipinski definition) is 6. The molecule has 1 radical (unpaired) electrons. The Hall–Kier alpha value is -2.12. The van der Waals surface area contributed by atoms with Crippen LogP contribution in [0.1, 0.15) is 23.2 Å². The molecule has 2 saturated heterocycles. The second-order valence-electron chi connectivity index (χ2n) is 6.50. The second kappa shape index (κ2) is 6.07. The minimum absolute atomic E-state index is 0.274. The smallest absolute Gasteiger partial charge is 0.298 e. The van der Waals surface area contributed by atoms with Crippen LogP contribution in [0, 0.1) is 6.07 Å². The zero-order chi connectivity index (χ0) is 16.7. The number of nitrogens with zero attached hydrogens (tertiary/aromatic N) is 3. The molecule has 1 aromatic heterocycles. The van der Waals surface area contributed by atoms with Gasteiger partial charge in [0.25, 0.3) is 11.9 Å². The Balaban J connectivity index is 1.50. The fraction of sp³-hybridized carbons (Fsp3) is 0.529. The highest BCUT2D eigenvalue weighted by Crippen LogP contribution is 2.28. The van der Waals surface area contributed by atoms with Gasteiger partial charge in [0.15, 0.2) is 5.58 Å². The van der Waals surface area contributed by atoms with Crippen molar-refractivity contribution in [2.45, 2.75) is 24.9 Å². The first kappa shape index (κ1) is 15.4. The second-order valence-corrected chi connectivity index (χ2v) is 6.50. The standard InChI is InChI=1S/C17H21N4O3/c1-20(11-5-7-21(8-6-11)12-9-23-10-12)17-19-15-13(16(18)22)3-2-4-14(15)24-17/h2,4,11-12H,5-10H2,1H3,(H2,18,22). The SMILES string of the molecule is CN(c1nc2c(C(N)=O)[c]ccc2o1)C1CCN(C2COC2)CC1. The summed E-state index contributed by atoms with van der Waals surface area (Å²) in [5.74, 6) is -0.542. The van der Waals surface area contributed by atoms with Crippen LogP contribution in [-0.2, 0) is 4.74 Å². The highest BCUT2D eigenvalue weighted by atomic mass is 16.5. The Morgan fingerprint density at radius 2 is 2.17 bits per heavy atom. The van der Waals surface area contributed by atoms with Crippen LogP contribution in [0.3, 0.4) is 0 Å². The van der Waals surface area contributed by atoms with E-state index in [1.807, 2.05) is 7.05 Å². The lowest BCUT2D eigenvalue weighted by atomic mass is 10.0. The molecule has 0 spiro atoms. The van der Waals surface area contributed by atoms with Gasteiger partial charge in [0.1, 0.15) is 5.52 Å². The average Bonchev–Trinajstić information content (AvgIpc) is 2.97. The van der Waals surface area contributed by atoms with Gasteiger partial charge in [0, 0.05) is 26.2 Å². The first-order chi connectivity index (χ1) is 11.6. The molecule has 0 saturated carbocycles. The number of likely N-dealkylation sites (tertiary alicyclic amines) is 1. The van der Waals surface area contributed by atoms with Crippen molar-refractivity contribution >= 4 is 23.0 Å². The van der Waals surface area contributed by atoms with E-state index < -0.39 is 5.91 Å². The van der Waals surface area contributed by atoms with Crippen molar-refractivity contribution in [2.75, 3.05) is 38.3 Å². The fourth-order valence-corrected chi connectivity index (χ4v) is 3.45. The summed E-state index contributed by atoms with van der Waals surface area (Å²) in [4.78, 5) is 20.6. The van der Waals surface area contributed by atoms with E-state index in [1.54, 1.807) is 12.1 Å². The number of carbonyl (C=O) groups is 1. The summed E-state index contributed by atoms with van der Waals surface area (Å²) in [6, 6.07) is 7.72. The van der Waals surface area contributed by atoms with Crippen molar-refractivity contribution in [3.8, 4) is 0 Å². The van der Waals surface area contributed by atoms with Gasteiger partial charge in [-0.1, -0.05) is 0 Å². The van der Waals surface area contributed by atoms with Gasteiger partial charge in [0.2, 0.25) is 0 Å². The molecular weight excluding hydrogens is 308 g/mol. The number of piperidine rings is 1. The minimum atomic E-state index is -0.542. The number of amides is 1. The van der Waals surface area contributed by atoms with E-state index in [-0.39, 0.29) is 5.56 Å². The first-order valence-electron chi connectivity index (χ1n) is 8.29. The number of fused-ring (bicyclic) bond motifs is 1. The molecule has 2 N–H and O–H groups in total. The molecular formula is C17H21N4O3. The molecule has 2 aromatic rings. The Kier molecular flexibility index (Phi) is 3.90. The van der Waals surface area contributed by atoms with Gasteiger partial charge < -0.3 is 19.8 Å². The number of primary amides is 1. The number of carbonyl (C=O) groups excluding carboxylic acids is 1. The van der Waals surface area contributed by atoms with E-state index in [2.05, 4.69) is 20.9 Å². The number of nitrogens with two attached hydrogens (primary N) is 1. The van der Waals surface area contributed by atoms with E-state index in [4.69, 9.17) is 14.9 Å². The zero-order valence-electron chi connectivity index (χ0n) is 13.7. The average molecular weight is 329 g/mol. The van der Waals surface area contributed by atoms with Crippen molar-refractivity contribution in [1.82, 2.24) is 9.88 Å². The molecule has 2 aliphatic heterocycles. The van der Waals surface area contributed by atoms with Gasteiger partial charge >= 0.3 is 0 Å². The maximum atomic E-state index is 11.5. The topological polar surface area (TPSA) is 84.8 Å².